The number of benzene rings is 1. The van der Waals surface area contributed by atoms with Gasteiger partial charge in [0, 0.05) is 24.0 Å². The van der Waals surface area contributed by atoms with Gasteiger partial charge in [-0.05, 0) is 23.3 Å². The molecule has 2 heterocycles. The molecule has 16 heavy (non-hydrogen) atoms. The van der Waals surface area contributed by atoms with E-state index in [-0.39, 0.29) is 0 Å². The van der Waals surface area contributed by atoms with Gasteiger partial charge >= 0.3 is 0 Å². The fourth-order valence-electron chi connectivity index (χ4n) is 1.86. The van der Waals surface area contributed by atoms with Crippen LogP contribution in [0.3, 0.4) is 0 Å². The van der Waals surface area contributed by atoms with Gasteiger partial charge in [0.25, 0.3) is 0 Å². The molecule has 0 aliphatic heterocycles. The normalized spacial score (nSPS) is 10.5. The Morgan fingerprint density at radius 2 is 1.69 bits per heavy atom. The highest BCUT2D eigenvalue weighted by molar-refractivity contribution is 5.93. The molecule has 0 spiro atoms. The third-order valence-electron chi connectivity index (χ3n) is 2.63. The molecule has 0 fully saturated rings. The molecule has 0 saturated heterocycles. The Morgan fingerprint density at radius 1 is 0.812 bits per heavy atom. The van der Waals surface area contributed by atoms with Crippen LogP contribution in [-0.2, 0) is 0 Å². The summed E-state index contributed by atoms with van der Waals surface area (Å²) < 4.78 is 0. The molecule has 0 unspecified atom stereocenters. The van der Waals surface area contributed by atoms with Gasteiger partial charge in [0.15, 0.2) is 0 Å². The Bertz CT molecular complexity index is 612. The number of rotatable bonds is 1. The van der Waals surface area contributed by atoms with Crippen molar-refractivity contribution in [3.63, 3.8) is 0 Å². The smallest absolute Gasteiger partial charge is 0.0739 e. The lowest BCUT2D eigenvalue weighted by molar-refractivity contribution is 1.32. The largest absolute Gasteiger partial charge is 0.264 e. The van der Waals surface area contributed by atoms with Crippen LogP contribution in [0, 0.1) is 0 Å². The Balaban J connectivity index is 2.32. The Morgan fingerprint density at radius 3 is 2.56 bits per heavy atom. The molecule has 0 N–H and O–H groups in total. The minimum absolute atomic E-state index is 0.983. The number of nitrogens with zero attached hydrogens (tertiary/aromatic N) is 2. The second-order valence-corrected chi connectivity index (χ2v) is 3.62. The van der Waals surface area contributed by atoms with Crippen molar-refractivity contribution < 1.29 is 0 Å². The van der Waals surface area contributed by atoms with Gasteiger partial charge in [-0.15, -0.1) is 0 Å². The predicted octanol–water partition coefficient (Wildman–Crippen LogP) is 3.30. The molecule has 2 aromatic heterocycles. The van der Waals surface area contributed by atoms with Gasteiger partial charge in [-0.2, -0.15) is 0 Å². The zero-order valence-electron chi connectivity index (χ0n) is 8.67. The first-order valence-corrected chi connectivity index (χ1v) is 5.19. The highest BCUT2D eigenvalue weighted by Gasteiger charge is 2.02. The Labute approximate surface area is 93.6 Å². The van der Waals surface area contributed by atoms with E-state index in [2.05, 4.69) is 22.1 Å². The van der Waals surface area contributed by atoms with E-state index in [0.717, 1.165) is 10.9 Å². The van der Waals surface area contributed by atoms with E-state index < -0.39 is 0 Å². The molecule has 2 heteroatoms. The molecule has 0 aliphatic rings. The molecule has 76 valence electrons. The van der Waals surface area contributed by atoms with E-state index in [9.17, 15) is 0 Å². The van der Waals surface area contributed by atoms with Crippen LogP contribution in [0.25, 0.3) is 22.0 Å². The molecule has 3 rings (SSSR count). The first-order chi connectivity index (χ1) is 7.95. The Hall–Kier alpha value is -2.22. The summed E-state index contributed by atoms with van der Waals surface area (Å²) in [6, 6.07) is 14.3. The van der Waals surface area contributed by atoms with Crippen LogP contribution in [0.4, 0.5) is 0 Å². The SMILES string of the molecule is c1ccc(-c2ccnc3ccncc23)cc1. The maximum Gasteiger partial charge on any atom is 0.0739 e. The summed E-state index contributed by atoms with van der Waals surface area (Å²) in [6.07, 6.45) is 5.47. The fraction of sp³-hybridized carbons (Fsp3) is 0. The number of pyridine rings is 2. The van der Waals surface area contributed by atoms with Gasteiger partial charge in [0.2, 0.25) is 0 Å². The fourth-order valence-corrected chi connectivity index (χ4v) is 1.86. The quantitative estimate of drug-likeness (QED) is 0.610. The molecule has 0 amide bonds. The lowest BCUT2D eigenvalue weighted by Crippen LogP contribution is -1.84. The molecule has 0 radical (unpaired) electrons. The van der Waals surface area contributed by atoms with Crippen molar-refractivity contribution in [1.82, 2.24) is 9.97 Å². The summed E-state index contributed by atoms with van der Waals surface area (Å²) in [4.78, 5) is 8.49. The first kappa shape index (κ1) is 9.04. The predicted molar refractivity (Wildman–Crippen MR) is 65.0 cm³/mol. The van der Waals surface area contributed by atoms with Crippen LogP contribution in [0.5, 0.6) is 0 Å². The van der Waals surface area contributed by atoms with Crippen molar-refractivity contribution in [3.05, 3.63) is 61.1 Å². The van der Waals surface area contributed by atoms with Crippen molar-refractivity contribution in [2.45, 2.75) is 0 Å². The van der Waals surface area contributed by atoms with Crippen LogP contribution in [0.15, 0.2) is 61.1 Å². The molecule has 0 bridgehead atoms. The standard InChI is InChI=1S/C14H10N2/c1-2-4-11(5-3-1)12-6-9-16-14-7-8-15-10-13(12)14/h1-10H. The highest BCUT2D eigenvalue weighted by atomic mass is 14.7. The monoisotopic (exact) mass is 206 g/mol. The Kier molecular flexibility index (Phi) is 2.11. The van der Waals surface area contributed by atoms with Gasteiger partial charge in [-0.3, -0.25) is 9.97 Å². The van der Waals surface area contributed by atoms with Crippen LogP contribution < -0.4 is 0 Å². The maximum atomic E-state index is 4.33. The minimum Gasteiger partial charge on any atom is -0.264 e. The molecular weight excluding hydrogens is 196 g/mol. The van der Waals surface area contributed by atoms with Gasteiger partial charge in [0.05, 0.1) is 5.52 Å². The van der Waals surface area contributed by atoms with Gasteiger partial charge < -0.3 is 0 Å². The molecule has 0 aliphatic carbocycles. The van der Waals surface area contributed by atoms with Crippen molar-refractivity contribution >= 4 is 10.9 Å². The highest BCUT2D eigenvalue weighted by Crippen LogP contribution is 2.25. The van der Waals surface area contributed by atoms with Gasteiger partial charge in [-0.25, -0.2) is 0 Å². The third kappa shape index (κ3) is 1.44. The summed E-state index contributed by atoms with van der Waals surface area (Å²) in [5.74, 6) is 0. The van der Waals surface area contributed by atoms with Crippen molar-refractivity contribution in [2.75, 3.05) is 0 Å². The molecule has 2 nitrogen and oxygen atoms in total. The van der Waals surface area contributed by atoms with E-state index in [1.807, 2.05) is 42.7 Å². The van der Waals surface area contributed by atoms with Crippen LogP contribution in [-0.4, -0.2) is 9.97 Å². The van der Waals surface area contributed by atoms with Gasteiger partial charge in [0.1, 0.15) is 0 Å². The van der Waals surface area contributed by atoms with Crippen LogP contribution in [0.1, 0.15) is 0 Å². The van der Waals surface area contributed by atoms with E-state index in [1.165, 1.54) is 11.1 Å². The minimum atomic E-state index is 0.983. The van der Waals surface area contributed by atoms with Crippen LogP contribution >= 0.6 is 0 Å². The average Bonchev–Trinajstić information content (AvgIpc) is 2.39. The zero-order valence-corrected chi connectivity index (χ0v) is 8.67. The van der Waals surface area contributed by atoms with E-state index in [0.29, 0.717) is 0 Å². The second-order valence-electron chi connectivity index (χ2n) is 3.62. The van der Waals surface area contributed by atoms with E-state index in [4.69, 9.17) is 0 Å². The molecule has 1 aromatic carbocycles. The average molecular weight is 206 g/mol. The van der Waals surface area contributed by atoms with Crippen molar-refractivity contribution in [1.29, 1.82) is 0 Å². The zero-order chi connectivity index (χ0) is 10.8. The number of aromatic nitrogens is 2. The summed E-state index contributed by atoms with van der Waals surface area (Å²) in [5.41, 5.74) is 3.36. The summed E-state index contributed by atoms with van der Waals surface area (Å²) in [7, 11) is 0. The molecular formula is C14H10N2. The topological polar surface area (TPSA) is 25.8 Å². The maximum absolute atomic E-state index is 4.33. The molecule has 3 aromatic rings. The van der Waals surface area contributed by atoms with Crippen molar-refractivity contribution in [2.24, 2.45) is 0 Å². The lowest BCUT2D eigenvalue weighted by atomic mass is 10.0. The van der Waals surface area contributed by atoms with E-state index >= 15 is 0 Å². The van der Waals surface area contributed by atoms with E-state index in [1.54, 1.807) is 6.20 Å². The first-order valence-electron chi connectivity index (χ1n) is 5.19. The number of hydrogen-bond donors (Lipinski definition) is 0. The molecule has 0 saturated carbocycles. The summed E-state index contributed by atoms with van der Waals surface area (Å²) >= 11 is 0. The second kappa shape index (κ2) is 3.74. The van der Waals surface area contributed by atoms with Crippen molar-refractivity contribution in [3.8, 4) is 11.1 Å². The third-order valence-corrected chi connectivity index (χ3v) is 2.63. The lowest BCUT2D eigenvalue weighted by Gasteiger charge is -2.04. The molecule has 0 atom stereocenters. The van der Waals surface area contributed by atoms with Gasteiger partial charge in [-0.1, -0.05) is 30.3 Å². The van der Waals surface area contributed by atoms with Crippen LogP contribution in [0.2, 0.25) is 0 Å². The summed E-state index contributed by atoms with van der Waals surface area (Å²) in [6.45, 7) is 0. The number of hydrogen-bond acceptors (Lipinski definition) is 2. The number of fused-ring (bicyclic) bond motifs is 1. The summed E-state index contributed by atoms with van der Waals surface area (Å²) in [5, 5.41) is 1.09.